The molecular formula is C6H8N2O. The third kappa shape index (κ3) is 1.32. The standard InChI is InChI=1S/C6H8N2O/c1-4-3-5(2)8-6(9)7-4/h3H,1H2,2H3,(H2,7,8,9). The van der Waals surface area contributed by atoms with Crippen LogP contribution in [0.2, 0.25) is 0 Å². The van der Waals surface area contributed by atoms with Crippen LogP contribution in [0.5, 0.6) is 0 Å². The van der Waals surface area contributed by atoms with Gasteiger partial charge in [0.1, 0.15) is 0 Å². The highest BCUT2D eigenvalue weighted by molar-refractivity contribution is 5.79. The van der Waals surface area contributed by atoms with Crippen molar-refractivity contribution in [3.63, 3.8) is 0 Å². The first kappa shape index (κ1) is 5.88. The molecule has 1 aliphatic rings. The first-order chi connectivity index (χ1) is 4.18. The number of allylic oxidation sites excluding steroid dienone is 2. The summed E-state index contributed by atoms with van der Waals surface area (Å²) in [5, 5.41) is 5.05. The van der Waals surface area contributed by atoms with E-state index < -0.39 is 0 Å². The highest BCUT2D eigenvalue weighted by atomic mass is 16.2. The van der Waals surface area contributed by atoms with Crippen LogP contribution in [-0.4, -0.2) is 6.03 Å². The van der Waals surface area contributed by atoms with Crippen molar-refractivity contribution >= 4 is 6.03 Å². The maximum absolute atomic E-state index is 10.6. The van der Waals surface area contributed by atoms with Gasteiger partial charge in [0, 0.05) is 11.4 Å². The number of hydrogen-bond acceptors (Lipinski definition) is 1. The van der Waals surface area contributed by atoms with Crippen LogP contribution in [0.4, 0.5) is 4.79 Å². The average molecular weight is 124 g/mol. The molecule has 0 aromatic rings. The van der Waals surface area contributed by atoms with E-state index in [4.69, 9.17) is 0 Å². The van der Waals surface area contributed by atoms with E-state index in [-0.39, 0.29) is 6.03 Å². The van der Waals surface area contributed by atoms with Crippen LogP contribution in [0.25, 0.3) is 0 Å². The molecule has 0 fully saturated rings. The van der Waals surface area contributed by atoms with E-state index in [9.17, 15) is 4.79 Å². The molecule has 9 heavy (non-hydrogen) atoms. The molecule has 3 heteroatoms. The summed E-state index contributed by atoms with van der Waals surface area (Å²) in [6.45, 7) is 5.38. The summed E-state index contributed by atoms with van der Waals surface area (Å²) in [7, 11) is 0. The maximum Gasteiger partial charge on any atom is 0.323 e. The van der Waals surface area contributed by atoms with Crippen LogP contribution < -0.4 is 10.6 Å². The molecule has 2 amide bonds. The highest BCUT2D eigenvalue weighted by Crippen LogP contribution is 1.98. The molecule has 0 saturated carbocycles. The predicted octanol–water partition coefficient (Wildman–Crippen LogP) is 0.717. The van der Waals surface area contributed by atoms with Crippen LogP contribution in [-0.2, 0) is 0 Å². The fourth-order valence-electron chi connectivity index (χ4n) is 0.690. The lowest BCUT2D eigenvalue weighted by molar-refractivity contribution is 0.245. The van der Waals surface area contributed by atoms with E-state index in [1.807, 2.05) is 6.92 Å². The number of carbonyl (C=O) groups is 1. The summed E-state index contributed by atoms with van der Waals surface area (Å²) in [6, 6.07) is -0.208. The lowest BCUT2D eigenvalue weighted by Gasteiger charge is -2.13. The second-order valence-electron chi connectivity index (χ2n) is 1.93. The van der Waals surface area contributed by atoms with E-state index >= 15 is 0 Å². The molecule has 0 aromatic carbocycles. The molecule has 2 N–H and O–H groups in total. The minimum absolute atomic E-state index is 0.208. The molecule has 0 spiro atoms. The smallest absolute Gasteiger partial charge is 0.312 e. The Bertz CT molecular complexity index is 193. The second kappa shape index (κ2) is 1.93. The van der Waals surface area contributed by atoms with Crippen molar-refractivity contribution in [1.29, 1.82) is 0 Å². The van der Waals surface area contributed by atoms with Gasteiger partial charge in [-0.25, -0.2) is 4.79 Å². The van der Waals surface area contributed by atoms with Gasteiger partial charge in [0.25, 0.3) is 0 Å². The van der Waals surface area contributed by atoms with Gasteiger partial charge in [0.2, 0.25) is 0 Å². The normalized spacial score (nSPS) is 18.1. The number of urea groups is 1. The molecule has 48 valence electrons. The Morgan fingerprint density at radius 3 is 2.67 bits per heavy atom. The van der Waals surface area contributed by atoms with E-state index in [1.54, 1.807) is 6.08 Å². The van der Waals surface area contributed by atoms with Gasteiger partial charge in [0.15, 0.2) is 0 Å². The van der Waals surface area contributed by atoms with Crippen molar-refractivity contribution in [2.24, 2.45) is 0 Å². The molecule has 0 saturated heterocycles. The summed E-state index contributed by atoms with van der Waals surface area (Å²) in [5.74, 6) is 0. The lowest BCUT2D eigenvalue weighted by atomic mass is 10.3. The third-order valence-electron chi connectivity index (χ3n) is 0.976. The first-order valence-electron chi connectivity index (χ1n) is 2.64. The zero-order chi connectivity index (χ0) is 6.85. The minimum Gasteiger partial charge on any atom is -0.312 e. The maximum atomic E-state index is 10.6. The third-order valence-corrected chi connectivity index (χ3v) is 0.976. The molecule has 0 radical (unpaired) electrons. The van der Waals surface area contributed by atoms with Gasteiger partial charge in [-0.15, -0.1) is 0 Å². The van der Waals surface area contributed by atoms with Gasteiger partial charge in [-0.2, -0.15) is 0 Å². The van der Waals surface area contributed by atoms with Crippen molar-refractivity contribution in [2.75, 3.05) is 0 Å². The van der Waals surface area contributed by atoms with Crippen LogP contribution >= 0.6 is 0 Å². The molecular weight excluding hydrogens is 116 g/mol. The van der Waals surface area contributed by atoms with E-state index in [0.29, 0.717) is 5.70 Å². The first-order valence-corrected chi connectivity index (χ1v) is 2.64. The van der Waals surface area contributed by atoms with Crippen molar-refractivity contribution in [3.05, 3.63) is 24.0 Å². The van der Waals surface area contributed by atoms with Crippen LogP contribution in [0, 0.1) is 0 Å². The number of carbonyl (C=O) groups excluding carboxylic acids is 1. The zero-order valence-corrected chi connectivity index (χ0v) is 5.19. The van der Waals surface area contributed by atoms with Gasteiger partial charge in [-0.1, -0.05) is 6.58 Å². The fourth-order valence-corrected chi connectivity index (χ4v) is 0.690. The molecule has 0 aromatic heterocycles. The molecule has 0 atom stereocenters. The van der Waals surface area contributed by atoms with Gasteiger partial charge in [0.05, 0.1) is 0 Å². The monoisotopic (exact) mass is 124 g/mol. The summed E-state index contributed by atoms with van der Waals surface area (Å²) in [6.07, 6.45) is 1.77. The average Bonchev–Trinajstić information content (AvgIpc) is 1.59. The molecule has 0 aliphatic carbocycles. The Kier molecular flexibility index (Phi) is 1.26. The molecule has 3 nitrogen and oxygen atoms in total. The molecule has 0 bridgehead atoms. The summed E-state index contributed by atoms with van der Waals surface area (Å²) in [5.41, 5.74) is 1.46. The van der Waals surface area contributed by atoms with Crippen LogP contribution in [0.15, 0.2) is 24.0 Å². The van der Waals surface area contributed by atoms with Gasteiger partial charge in [-0.3, -0.25) is 0 Å². The van der Waals surface area contributed by atoms with Crippen molar-refractivity contribution in [2.45, 2.75) is 6.92 Å². The summed E-state index contributed by atoms with van der Waals surface area (Å²) < 4.78 is 0. The number of hydrogen-bond donors (Lipinski definition) is 2. The largest absolute Gasteiger partial charge is 0.323 e. The second-order valence-corrected chi connectivity index (χ2v) is 1.93. The van der Waals surface area contributed by atoms with E-state index in [0.717, 1.165) is 5.70 Å². The van der Waals surface area contributed by atoms with Crippen molar-refractivity contribution in [3.8, 4) is 0 Å². The Morgan fingerprint density at radius 1 is 1.56 bits per heavy atom. The number of nitrogens with one attached hydrogen (secondary N) is 2. The Balaban J connectivity index is 2.79. The lowest BCUT2D eigenvalue weighted by Crippen LogP contribution is -2.36. The Morgan fingerprint density at radius 2 is 2.22 bits per heavy atom. The van der Waals surface area contributed by atoms with Crippen molar-refractivity contribution < 1.29 is 4.79 Å². The van der Waals surface area contributed by atoms with Crippen molar-refractivity contribution in [1.82, 2.24) is 10.6 Å². The number of amides is 2. The van der Waals surface area contributed by atoms with Crippen LogP contribution in [0.1, 0.15) is 6.92 Å². The quantitative estimate of drug-likeness (QED) is 0.490. The molecule has 1 aliphatic heterocycles. The predicted molar refractivity (Wildman–Crippen MR) is 34.6 cm³/mol. The zero-order valence-electron chi connectivity index (χ0n) is 5.19. The van der Waals surface area contributed by atoms with Crippen LogP contribution in [0.3, 0.4) is 0 Å². The van der Waals surface area contributed by atoms with E-state index in [2.05, 4.69) is 17.2 Å². The van der Waals surface area contributed by atoms with E-state index in [1.165, 1.54) is 0 Å². The highest BCUT2D eigenvalue weighted by Gasteiger charge is 2.06. The molecule has 1 rings (SSSR count). The minimum atomic E-state index is -0.208. The fraction of sp³-hybridized carbons (Fsp3) is 0.167. The van der Waals surface area contributed by atoms with Gasteiger partial charge in [-0.05, 0) is 13.0 Å². The van der Waals surface area contributed by atoms with Gasteiger partial charge < -0.3 is 10.6 Å². The molecule has 1 heterocycles. The Hall–Kier alpha value is -1.25. The number of rotatable bonds is 0. The Labute approximate surface area is 53.4 Å². The summed E-state index contributed by atoms with van der Waals surface area (Å²) >= 11 is 0. The van der Waals surface area contributed by atoms with Gasteiger partial charge >= 0.3 is 6.03 Å². The topological polar surface area (TPSA) is 41.1 Å². The summed E-state index contributed by atoms with van der Waals surface area (Å²) in [4.78, 5) is 10.6. The SMILES string of the molecule is C=C1C=C(C)NC(=O)N1. The molecule has 0 unspecified atom stereocenters.